The molecule has 23 heavy (non-hydrogen) atoms. The van der Waals surface area contributed by atoms with E-state index in [-0.39, 0.29) is 23.6 Å². The lowest BCUT2D eigenvalue weighted by molar-refractivity contribution is 0.0527. The van der Waals surface area contributed by atoms with Gasteiger partial charge in [-0.2, -0.15) is 0 Å². The molecule has 2 rings (SSSR count). The van der Waals surface area contributed by atoms with Crippen LogP contribution in [0.15, 0.2) is 24.3 Å². The van der Waals surface area contributed by atoms with Gasteiger partial charge in [-0.15, -0.1) is 0 Å². The summed E-state index contributed by atoms with van der Waals surface area (Å²) in [5, 5.41) is 2.89. The third kappa shape index (κ3) is 3.44. The predicted molar refractivity (Wildman–Crippen MR) is 89.2 cm³/mol. The van der Waals surface area contributed by atoms with Crippen LogP contribution in [0, 0.1) is 5.82 Å². The molecule has 0 aliphatic rings. The minimum Gasteiger partial charge on any atom is -0.462 e. The minimum absolute atomic E-state index is 0.194. The van der Waals surface area contributed by atoms with Crippen LogP contribution in [-0.2, 0) is 11.8 Å². The summed E-state index contributed by atoms with van der Waals surface area (Å²) in [6, 6.07) is 6.18. The van der Waals surface area contributed by atoms with Crippen LogP contribution < -0.4 is 10.8 Å². The fourth-order valence-electron chi connectivity index (χ4n) is 2.31. The van der Waals surface area contributed by atoms with Gasteiger partial charge in [0, 0.05) is 14.0 Å². The van der Waals surface area contributed by atoms with E-state index in [1.165, 1.54) is 23.6 Å². The largest absolute Gasteiger partial charge is 0.462 e. The maximum atomic E-state index is 14.1. The minimum atomic E-state index is -0.564. The van der Waals surface area contributed by atoms with Crippen molar-refractivity contribution in [3.05, 3.63) is 41.3 Å². The monoisotopic (exact) mass is 316 g/mol. The molecule has 5 nitrogen and oxygen atoms in total. The van der Waals surface area contributed by atoms with E-state index in [4.69, 9.17) is 4.74 Å². The van der Waals surface area contributed by atoms with Crippen molar-refractivity contribution < 1.29 is 18.7 Å². The lowest BCUT2D eigenvalue weighted by Gasteiger charge is -2.12. The second kappa shape index (κ2) is 6.68. The molecule has 0 spiro atoms. The highest BCUT2D eigenvalue weighted by Crippen LogP contribution is 2.26. The van der Waals surface area contributed by atoms with Gasteiger partial charge in [0.1, 0.15) is 25.0 Å². The van der Waals surface area contributed by atoms with Gasteiger partial charge in [-0.3, -0.25) is 4.79 Å². The molecule has 0 saturated carbocycles. The Balaban J connectivity index is 2.50. The Morgan fingerprint density at radius 1 is 1.35 bits per heavy atom. The molecule has 1 aromatic carbocycles. The number of aromatic nitrogens is 1. The molecule has 0 unspecified atom stereocenters. The smallest absolute Gasteiger partial charge is 0.341 e. The van der Waals surface area contributed by atoms with Gasteiger partial charge in [-0.1, -0.05) is 11.5 Å². The fraction of sp³-hybridized carbons (Fsp3) is 0.250. The maximum absolute atomic E-state index is 14.1. The zero-order chi connectivity index (χ0) is 17.1. The Bertz CT molecular complexity index is 771. The zero-order valence-electron chi connectivity index (χ0n) is 13.6. The number of rotatable bonds is 5. The van der Waals surface area contributed by atoms with E-state index in [1.54, 1.807) is 34.0 Å². The molecule has 0 radical (unpaired) electrons. The number of esters is 1. The molecule has 0 fully saturated rings. The Hall–Kier alpha value is -2.57. The number of carbonyl (C=O) groups excluding carboxylic acids is 2. The number of hydrogen-bond donors (Lipinski definition) is 1. The summed E-state index contributed by atoms with van der Waals surface area (Å²) >= 11 is 0. The molecular formula is C16H18BFN2O3. The number of anilines is 2. The number of Topliss-reactive ketones (excluding diaryl/α,β-unsaturated/α-hetero) is 1. The summed E-state index contributed by atoms with van der Waals surface area (Å²) in [6.45, 7) is 3.31. The molecule has 120 valence electrons. The van der Waals surface area contributed by atoms with Crippen LogP contribution in [0.1, 0.15) is 34.7 Å². The number of halogens is 1. The van der Waals surface area contributed by atoms with Crippen molar-refractivity contribution in [3.8, 4) is 0 Å². The fourth-order valence-corrected chi connectivity index (χ4v) is 2.31. The first-order valence-corrected chi connectivity index (χ1v) is 7.26. The average Bonchev–Trinajstić information content (AvgIpc) is 2.80. The van der Waals surface area contributed by atoms with Crippen LogP contribution in [-0.4, -0.2) is 30.8 Å². The van der Waals surface area contributed by atoms with Crippen LogP contribution >= 0.6 is 0 Å². The van der Waals surface area contributed by atoms with E-state index < -0.39 is 11.8 Å². The van der Waals surface area contributed by atoms with Crippen LogP contribution in [0.3, 0.4) is 0 Å². The number of ether oxygens (including phenoxy) is 1. The number of nitrogens with one attached hydrogen (secondary N) is 1. The molecule has 0 saturated heterocycles. The Morgan fingerprint density at radius 2 is 2.04 bits per heavy atom. The Labute approximate surface area is 134 Å². The van der Waals surface area contributed by atoms with Gasteiger partial charge in [0.2, 0.25) is 0 Å². The summed E-state index contributed by atoms with van der Waals surface area (Å²) in [4.78, 5) is 23.8. The van der Waals surface area contributed by atoms with Gasteiger partial charge in [-0.05, 0) is 25.1 Å². The molecule has 0 amide bonds. The van der Waals surface area contributed by atoms with Crippen molar-refractivity contribution in [2.75, 3.05) is 11.9 Å². The SMILES string of the molecule is Bc1ccc(Nc2c(C(=O)OCC)cc(C(C)=O)n2C)c(F)c1. The van der Waals surface area contributed by atoms with E-state index in [0.717, 1.165) is 5.46 Å². The molecule has 1 heterocycles. The van der Waals surface area contributed by atoms with Crippen LogP contribution in [0.25, 0.3) is 0 Å². The molecule has 0 aliphatic carbocycles. The third-order valence-corrected chi connectivity index (χ3v) is 3.47. The van der Waals surface area contributed by atoms with Gasteiger partial charge in [0.15, 0.2) is 5.78 Å². The summed E-state index contributed by atoms with van der Waals surface area (Å²) in [7, 11) is 3.42. The van der Waals surface area contributed by atoms with E-state index in [2.05, 4.69) is 5.32 Å². The summed E-state index contributed by atoms with van der Waals surface area (Å²) < 4.78 is 20.6. The van der Waals surface area contributed by atoms with Gasteiger partial charge in [-0.25, -0.2) is 9.18 Å². The molecule has 2 aromatic rings. The lowest BCUT2D eigenvalue weighted by Crippen LogP contribution is -2.11. The van der Waals surface area contributed by atoms with Crippen LogP contribution in [0.4, 0.5) is 15.9 Å². The van der Waals surface area contributed by atoms with Crippen molar-refractivity contribution in [1.82, 2.24) is 4.57 Å². The normalized spacial score (nSPS) is 10.4. The first-order chi connectivity index (χ1) is 10.8. The Kier molecular flexibility index (Phi) is 4.88. The van der Waals surface area contributed by atoms with Crippen molar-refractivity contribution in [2.24, 2.45) is 7.05 Å². The number of hydrogen-bond acceptors (Lipinski definition) is 4. The molecule has 1 aromatic heterocycles. The van der Waals surface area contributed by atoms with Crippen molar-refractivity contribution in [2.45, 2.75) is 13.8 Å². The third-order valence-electron chi connectivity index (χ3n) is 3.47. The van der Waals surface area contributed by atoms with Crippen molar-refractivity contribution in [1.29, 1.82) is 0 Å². The Morgan fingerprint density at radius 3 is 2.61 bits per heavy atom. The second-order valence-corrected chi connectivity index (χ2v) is 5.24. The first-order valence-electron chi connectivity index (χ1n) is 7.26. The molecule has 1 N–H and O–H groups in total. The maximum Gasteiger partial charge on any atom is 0.341 e. The van der Waals surface area contributed by atoms with Gasteiger partial charge < -0.3 is 14.6 Å². The molecule has 0 aliphatic heterocycles. The zero-order valence-corrected chi connectivity index (χ0v) is 13.6. The molecule has 0 bridgehead atoms. The van der Waals surface area contributed by atoms with Gasteiger partial charge >= 0.3 is 5.97 Å². The lowest BCUT2D eigenvalue weighted by atomic mass is 9.96. The highest BCUT2D eigenvalue weighted by Gasteiger charge is 2.22. The number of ketones is 1. The van der Waals surface area contributed by atoms with Crippen molar-refractivity contribution >= 4 is 36.6 Å². The highest BCUT2D eigenvalue weighted by molar-refractivity contribution is 6.32. The summed E-state index contributed by atoms with van der Waals surface area (Å²) in [5.41, 5.74) is 1.54. The molecule has 7 heteroatoms. The quantitative estimate of drug-likeness (QED) is 0.516. The number of nitrogens with zero attached hydrogens (tertiary/aromatic N) is 1. The first kappa shape index (κ1) is 16.8. The topological polar surface area (TPSA) is 60.3 Å². The van der Waals surface area contributed by atoms with E-state index in [9.17, 15) is 14.0 Å². The summed E-state index contributed by atoms with van der Waals surface area (Å²) in [6.07, 6.45) is 0. The standard InChI is InChI=1S/C16H18BFN2O3/c1-4-23-16(22)11-8-14(9(2)21)20(3)15(11)19-13-6-5-10(17)7-12(13)18/h5-8,19H,4,17H2,1-3H3. The van der Waals surface area contributed by atoms with E-state index in [0.29, 0.717) is 11.5 Å². The van der Waals surface area contributed by atoms with Crippen LogP contribution in [0.2, 0.25) is 0 Å². The van der Waals surface area contributed by atoms with Crippen molar-refractivity contribution in [3.63, 3.8) is 0 Å². The summed E-state index contributed by atoms with van der Waals surface area (Å²) in [5.74, 6) is -0.886. The molecule has 0 atom stereocenters. The number of carbonyl (C=O) groups is 2. The van der Waals surface area contributed by atoms with E-state index in [1.807, 2.05) is 0 Å². The predicted octanol–water partition coefficient (Wildman–Crippen LogP) is 1.55. The van der Waals surface area contributed by atoms with Gasteiger partial charge in [0.25, 0.3) is 0 Å². The molecular weight excluding hydrogens is 298 g/mol. The second-order valence-electron chi connectivity index (χ2n) is 5.24. The highest BCUT2D eigenvalue weighted by atomic mass is 19.1. The average molecular weight is 316 g/mol. The van der Waals surface area contributed by atoms with Crippen LogP contribution in [0.5, 0.6) is 0 Å². The number of benzene rings is 1. The van der Waals surface area contributed by atoms with E-state index >= 15 is 0 Å². The van der Waals surface area contributed by atoms with Gasteiger partial charge in [0.05, 0.1) is 18.0 Å².